The number of carbonyl (C=O) groups is 2. The summed E-state index contributed by atoms with van der Waals surface area (Å²) >= 11 is 0. The average molecular weight is 557 g/mol. The van der Waals surface area contributed by atoms with Gasteiger partial charge < -0.3 is 34.2 Å². The highest BCUT2D eigenvalue weighted by Crippen LogP contribution is 2.40. The molecule has 1 atom stereocenters. The molecule has 2 fully saturated rings. The maximum atomic E-state index is 14.1. The summed E-state index contributed by atoms with van der Waals surface area (Å²) in [6, 6.07) is 25.2. The van der Waals surface area contributed by atoms with Crippen molar-refractivity contribution in [1.82, 2.24) is 9.80 Å². The van der Waals surface area contributed by atoms with Crippen LogP contribution in [0.1, 0.15) is 35.2 Å². The lowest BCUT2D eigenvalue weighted by Crippen LogP contribution is -2.56. The quantitative estimate of drug-likeness (QED) is 0.421. The Labute approximate surface area is 240 Å². The molecular formula is C32H36N4O5. The summed E-state index contributed by atoms with van der Waals surface area (Å²) in [5.74, 6) is 0.464. The van der Waals surface area contributed by atoms with Gasteiger partial charge in [0.05, 0.1) is 25.0 Å². The number of piperidine rings is 1. The van der Waals surface area contributed by atoms with Gasteiger partial charge in [0.25, 0.3) is 6.41 Å². The fourth-order valence-electron chi connectivity index (χ4n) is 6.39. The number of para-hydroxylation sites is 3. The van der Waals surface area contributed by atoms with Gasteiger partial charge in [-0.15, -0.1) is 0 Å². The third kappa shape index (κ3) is 5.23. The topological polar surface area (TPSA) is 85.8 Å². The Balaban J connectivity index is 1.13. The fourth-order valence-corrected chi connectivity index (χ4v) is 6.39. The van der Waals surface area contributed by atoms with Crippen molar-refractivity contribution in [3.05, 3.63) is 90.0 Å². The third-order valence-corrected chi connectivity index (χ3v) is 8.53. The standard InChI is InChI=1S/C32H36N4O5/c1-40-29(37)25-10-7-9-24(21-25)22-34-23-36(26-11-3-2-4-12-26)32(30(34)38)15-19-33(20-16-32)17-8-18-35-27-13-5-6-14-28(27)41-31(35)39/h2-7,9-14,21,31,39H,8,15-20,22-23H2,1H3. The van der Waals surface area contributed by atoms with Gasteiger partial charge in [-0.3, -0.25) is 4.79 Å². The maximum absolute atomic E-state index is 14.1. The molecular weight excluding hydrogens is 520 g/mol. The molecule has 0 aliphatic carbocycles. The first-order valence-electron chi connectivity index (χ1n) is 14.2. The van der Waals surface area contributed by atoms with Crippen LogP contribution in [0.3, 0.4) is 0 Å². The third-order valence-electron chi connectivity index (χ3n) is 8.53. The number of carbonyl (C=O) groups excluding carboxylic acids is 2. The predicted molar refractivity (Wildman–Crippen MR) is 156 cm³/mol. The van der Waals surface area contributed by atoms with Crippen molar-refractivity contribution in [2.75, 3.05) is 49.8 Å². The number of fused-ring (bicyclic) bond motifs is 1. The van der Waals surface area contributed by atoms with E-state index in [-0.39, 0.29) is 11.9 Å². The summed E-state index contributed by atoms with van der Waals surface area (Å²) in [6.45, 7) is 4.13. The van der Waals surface area contributed by atoms with E-state index >= 15 is 0 Å². The van der Waals surface area contributed by atoms with Crippen molar-refractivity contribution in [3.63, 3.8) is 0 Å². The van der Waals surface area contributed by atoms with E-state index in [0.29, 0.717) is 31.1 Å². The Morgan fingerprint density at radius 1 is 1.00 bits per heavy atom. The van der Waals surface area contributed by atoms with Crippen molar-refractivity contribution in [2.45, 2.75) is 37.8 Å². The van der Waals surface area contributed by atoms with E-state index in [9.17, 15) is 14.7 Å². The number of amides is 1. The lowest BCUT2D eigenvalue weighted by Gasteiger charge is -2.43. The first-order chi connectivity index (χ1) is 20.0. The number of methoxy groups -OCH3 is 1. The van der Waals surface area contributed by atoms with E-state index in [0.717, 1.165) is 55.8 Å². The second-order valence-electron chi connectivity index (χ2n) is 10.9. The van der Waals surface area contributed by atoms with Gasteiger partial charge >= 0.3 is 5.97 Å². The van der Waals surface area contributed by atoms with Crippen molar-refractivity contribution in [2.24, 2.45) is 0 Å². The van der Waals surface area contributed by atoms with E-state index < -0.39 is 12.0 Å². The number of likely N-dealkylation sites (tertiary alicyclic amines) is 1. The van der Waals surface area contributed by atoms with Gasteiger partial charge in [0.15, 0.2) is 0 Å². The van der Waals surface area contributed by atoms with Gasteiger partial charge in [-0.05, 0) is 67.8 Å². The molecule has 3 aliphatic rings. The second kappa shape index (κ2) is 11.4. The minimum Gasteiger partial charge on any atom is -0.465 e. The molecule has 1 unspecified atom stereocenters. The number of aliphatic hydroxyl groups is 1. The highest BCUT2D eigenvalue weighted by atomic mass is 16.6. The largest absolute Gasteiger partial charge is 0.465 e. The van der Waals surface area contributed by atoms with Crippen LogP contribution in [0, 0.1) is 0 Å². The smallest absolute Gasteiger partial charge is 0.337 e. The molecule has 1 spiro atoms. The van der Waals surface area contributed by atoms with E-state index in [1.54, 1.807) is 12.1 Å². The Morgan fingerprint density at radius 2 is 1.76 bits per heavy atom. The van der Waals surface area contributed by atoms with Crippen molar-refractivity contribution in [1.29, 1.82) is 0 Å². The molecule has 6 rings (SSSR count). The summed E-state index contributed by atoms with van der Waals surface area (Å²) < 4.78 is 10.4. The van der Waals surface area contributed by atoms with E-state index in [4.69, 9.17) is 9.47 Å². The molecule has 3 heterocycles. The Morgan fingerprint density at radius 3 is 2.54 bits per heavy atom. The molecule has 2 saturated heterocycles. The zero-order chi connectivity index (χ0) is 28.4. The van der Waals surface area contributed by atoms with Crippen LogP contribution in [-0.2, 0) is 16.1 Å². The average Bonchev–Trinajstić information content (AvgIpc) is 3.47. The molecule has 0 saturated carbocycles. The highest BCUT2D eigenvalue weighted by molar-refractivity contribution is 5.94. The summed E-state index contributed by atoms with van der Waals surface area (Å²) in [4.78, 5) is 34.7. The number of ether oxygens (including phenoxy) is 2. The van der Waals surface area contributed by atoms with Crippen LogP contribution >= 0.6 is 0 Å². The number of aliphatic hydroxyl groups excluding tert-OH is 1. The number of hydrogen-bond donors (Lipinski definition) is 1. The lowest BCUT2D eigenvalue weighted by atomic mass is 9.85. The number of benzene rings is 3. The van der Waals surface area contributed by atoms with Crippen LogP contribution in [0.5, 0.6) is 5.75 Å². The van der Waals surface area contributed by atoms with Crippen LogP contribution in [0.4, 0.5) is 11.4 Å². The van der Waals surface area contributed by atoms with Crippen LogP contribution in [0.2, 0.25) is 0 Å². The Kier molecular flexibility index (Phi) is 7.55. The number of rotatable bonds is 8. The van der Waals surface area contributed by atoms with Crippen LogP contribution < -0.4 is 14.5 Å². The van der Waals surface area contributed by atoms with Gasteiger partial charge in [-0.2, -0.15) is 0 Å². The fraction of sp³-hybridized carbons (Fsp3) is 0.375. The maximum Gasteiger partial charge on any atom is 0.337 e. The zero-order valence-electron chi connectivity index (χ0n) is 23.3. The van der Waals surface area contributed by atoms with Crippen LogP contribution in [0.25, 0.3) is 0 Å². The van der Waals surface area contributed by atoms with Gasteiger partial charge in [0, 0.05) is 31.9 Å². The second-order valence-corrected chi connectivity index (χ2v) is 10.9. The van der Waals surface area contributed by atoms with Gasteiger partial charge in [0.1, 0.15) is 11.3 Å². The molecule has 3 aromatic rings. The summed E-state index contributed by atoms with van der Waals surface area (Å²) in [5.41, 5.74) is 2.75. The summed E-state index contributed by atoms with van der Waals surface area (Å²) in [7, 11) is 1.37. The molecule has 214 valence electrons. The Hall–Kier alpha value is -4.08. The van der Waals surface area contributed by atoms with E-state index in [2.05, 4.69) is 21.9 Å². The lowest BCUT2D eigenvalue weighted by molar-refractivity contribution is -0.134. The predicted octanol–water partition coefficient (Wildman–Crippen LogP) is 3.68. The van der Waals surface area contributed by atoms with Crippen molar-refractivity contribution in [3.8, 4) is 5.75 Å². The first kappa shape index (κ1) is 27.1. The molecule has 1 amide bonds. The zero-order valence-corrected chi connectivity index (χ0v) is 23.3. The normalized spacial score (nSPS) is 19.9. The summed E-state index contributed by atoms with van der Waals surface area (Å²) in [6.07, 6.45) is 1.39. The number of hydrogen-bond acceptors (Lipinski definition) is 8. The van der Waals surface area contributed by atoms with Gasteiger partial charge in [-0.25, -0.2) is 4.79 Å². The van der Waals surface area contributed by atoms with Crippen LogP contribution in [0.15, 0.2) is 78.9 Å². The molecule has 0 bridgehead atoms. The van der Waals surface area contributed by atoms with Crippen molar-refractivity contribution < 1.29 is 24.2 Å². The highest BCUT2D eigenvalue weighted by Gasteiger charge is 2.53. The molecule has 9 heteroatoms. The minimum absolute atomic E-state index is 0.137. The molecule has 3 aromatic carbocycles. The summed E-state index contributed by atoms with van der Waals surface area (Å²) in [5, 5.41) is 10.4. The Bertz CT molecular complexity index is 1390. The van der Waals surface area contributed by atoms with E-state index in [1.807, 2.05) is 64.4 Å². The molecule has 3 aliphatic heterocycles. The molecule has 1 N–H and O–H groups in total. The number of nitrogens with zero attached hydrogens (tertiary/aromatic N) is 4. The molecule has 9 nitrogen and oxygen atoms in total. The first-order valence-corrected chi connectivity index (χ1v) is 14.2. The van der Waals surface area contributed by atoms with Gasteiger partial charge in [0.2, 0.25) is 5.91 Å². The SMILES string of the molecule is COC(=O)c1cccc(CN2CN(c3ccccc3)C3(CCN(CCCN4c5ccccc5OC4O)CC3)C2=O)c1. The monoisotopic (exact) mass is 556 g/mol. The molecule has 0 radical (unpaired) electrons. The number of esters is 1. The van der Waals surface area contributed by atoms with E-state index in [1.165, 1.54) is 7.11 Å². The molecule has 0 aromatic heterocycles. The van der Waals surface area contributed by atoms with Gasteiger partial charge in [-0.1, -0.05) is 42.5 Å². The minimum atomic E-state index is -0.952. The molecule has 41 heavy (non-hydrogen) atoms. The van der Waals surface area contributed by atoms with Crippen LogP contribution in [-0.4, -0.2) is 78.7 Å². The number of anilines is 2. The van der Waals surface area contributed by atoms with Crippen molar-refractivity contribution >= 4 is 23.3 Å².